The van der Waals surface area contributed by atoms with Crippen LogP contribution >= 0.6 is 30.9 Å². The van der Waals surface area contributed by atoms with Crippen LogP contribution in [0.4, 0.5) is 5.69 Å². The third-order valence-electron chi connectivity index (χ3n) is 6.85. The number of anilines is 1. The summed E-state index contributed by atoms with van der Waals surface area (Å²) in [7, 11) is -6.39. The average Bonchev–Trinajstić information content (AvgIpc) is 3.13. The summed E-state index contributed by atoms with van der Waals surface area (Å²) in [6.07, 6.45) is 2.25. The van der Waals surface area contributed by atoms with Gasteiger partial charge in [-0.05, 0) is 56.3 Å². The number of rotatable bonds is 6. The molecule has 1 saturated carbocycles. The van der Waals surface area contributed by atoms with E-state index in [1.807, 2.05) is 0 Å². The van der Waals surface area contributed by atoms with Crippen LogP contribution in [0, 0.1) is 5.92 Å². The molecule has 2 fully saturated rings. The Bertz CT molecular complexity index is 1200. The molecule has 2 aliphatic heterocycles. The number of amides is 1. The molecule has 1 amide bonds. The number of hydrogen-bond donors (Lipinski definition) is 4. The maximum Gasteiger partial charge on any atom is 0.326 e. The molecule has 1 aromatic carbocycles. The number of carbonyl (C=O) groups excluding carboxylic acids is 1. The Morgan fingerprint density at radius 2 is 2.00 bits per heavy atom. The van der Waals surface area contributed by atoms with E-state index in [2.05, 4.69) is 5.32 Å². The third kappa shape index (κ3) is 5.66. The van der Waals surface area contributed by atoms with Gasteiger partial charge in [-0.25, -0.2) is 22.7 Å². The summed E-state index contributed by atoms with van der Waals surface area (Å²) in [4.78, 5) is 37.3. The quantitative estimate of drug-likeness (QED) is 0.295. The first-order valence-corrected chi connectivity index (χ1v) is 15.9. The number of nitrogens with two attached hydrogens (primary N) is 1. The fraction of sp³-hybridized carbons (Fsp3) is 0.600. The van der Waals surface area contributed by atoms with Gasteiger partial charge in [0.25, 0.3) is 0 Å². The summed E-state index contributed by atoms with van der Waals surface area (Å²) in [5.74, 6) is -1.58. The molecule has 3 aliphatic rings. The zero-order chi connectivity index (χ0) is 25.7. The lowest BCUT2D eigenvalue weighted by Crippen LogP contribution is -2.48. The van der Waals surface area contributed by atoms with Gasteiger partial charge in [-0.1, -0.05) is 24.4 Å². The van der Waals surface area contributed by atoms with Gasteiger partial charge in [0.2, 0.25) is 23.3 Å². The lowest BCUT2D eigenvalue weighted by atomic mass is 9.85. The molecule has 1 aliphatic carbocycles. The van der Waals surface area contributed by atoms with E-state index in [-0.39, 0.29) is 28.0 Å². The number of benzene rings is 1. The normalized spacial score (nSPS) is 28.5. The van der Waals surface area contributed by atoms with Crippen LogP contribution in [0.3, 0.4) is 0 Å². The number of likely N-dealkylation sites (tertiary alicyclic amines) is 1. The minimum Gasteiger partial charge on any atom is -0.480 e. The van der Waals surface area contributed by atoms with Crippen molar-refractivity contribution in [1.82, 2.24) is 9.21 Å². The van der Waals surface area contributed by atoms with E-state index in [1.165, 1.54) is 17.0 Å². The van der Waals surface area contributed by atoms with E-state index in [0.29, 0.717) is 23.4 Å². The number of primary sulfonamides is 1. The Morgan fingerprint density at radius 3 is 2.66 bits per heavy atom. The van der Waals surface area contributed by atoms with Gasteiger partial charge in [0.05, 0.1) is 23.0 Å². The fourth-order valence-electron chi connectivity index (χ4n) is 5.26. The maximum atomic E-state index is 13.2. The molecule has 2 heterocycles. The van der Waals surface area contributed by atoms with Crippen LogP contribution in [0.2, 0.25) is 5.02 Å². The number of halogens is 1. The zero-order valence-corrected chi connectivity index (χ0v) is 22.2. The lowest BCUT2D eigenvalue weighted by Gasteiger charge is -2.36. The van der Waals surface area contributed by atoms with E-state index in [4.69, 9.17) is 16.7 Å². The Balaban J connectivity index is 1.48. The van der Waals surface area contributed by atoms with Crippen LogP contribution < -0.4 is 10.5 Å². The molecule has 0 bridgehead atoms. The van der Waals surface area contributed by atoms with Crippen LogP contribution in [-0.4, -0.2) is 77.1 Å². The second-order valence-electron chi connectivity index (χ2n) is 9.31. The predicted molar refractivity (Wildman–Crippen MR) is 132 cm³/mol. The van der Waals surface area contributed by atoms with E-state index in [0.717, 1.165) is 31.2 Å². The number of sulfonamides is 1. The molecule has 1 saturated heterocycles. The number of carboxylic acid groups (broad SMARTS) is 1. The third-order valence-corrected chi connectivity index (χ3v) is 11.0. The summed E-state index contributed by atoms with van der Waals surface area (Å²) in [5, 5.41) is 17.9. The predicted octanol–water partition coefficient (Wildman–Crippen LogP) is 2.19. The van der Waals surface area contributed by atoms with Crippen LogP contribution in [0.25, 0.3) is 0 Å². The van der Waals surface area contributed by atoms with Crippen molar-refractivity contribution in [3.05, 3.63) is 17.2 Å². The fourth-order valence-corrected chi connectivity index (χ4v) is 9.09. The monoisotopic (exact) mass is 566 g/mol. The molecule has 4 rings (SSSR count). The van der Waals surface area contributed by atoms with Crippen molar-refractivity contribution in [2.45, 2.75) is 60.1 Å². The summed E-state index contributed by atoms with van der Waals surface area (Å²) < 4.78 is 38.3. The van der Waals surface area contributed by atoms with Crippen LogP contribution in [0.5, 0.6) is 0 Å². The average molecular weight is 567 g/mol. The molecule has 2 unspecified atom stereocenters. The van der Waals surface area contributed by atoms with E-state index in [1.54, 1.807) is 11.4 Å². The van der Waals surface area contributed by atoms with Gasteiger partial charge in [-0.15, -0.1) is 0 Å². The summed E-state index contributed by atoms with van der Waals surface area (Å²) >= 11 is 7.23. The summed E-state index contributed by atoms with van der Waals surface area (Å²) in [5.41, 5.74) is 0.470. The Kier molecular flexibility index (Phi) is 7.52. The van der Waals surface area contributed by atoms with Crippen molar-refractivity contribution in [2.24, 2.45) is 11.1 Å². The van der Waals surface area contributed by atoms with Crippen LogP contribution in [0.15, 0.2) is 21.9 Å². The highest BCUT2D eigenvalue weighted by molar-refractivity contribution is 7.97. The SMILES string of the molecule is CN1Sc2cc(S(N)(=O)=O)c(Cl)cc2NC1CP(=O)(O)CC(=O)N1[C@@H]2CCCC[C@@H]2C[C@H]1C(=O)O. The number of carbonyl (C=O) groups is 2. The molecular formula is C20H28ClN4O7PS2. The highest BCUT2D eigenvalue weighted by Crippen LogP contribution is 2.48. The van der Waals surface area contributed by atoms with E-state index >= 15 is 0 Å². The number of aliphatic carboxylic acids is 1. The van der Waals surface area contributed by atoms with Crippen molar-refractivity contribution < 1.29 is 32.6 Å². The highest BCUT2D eigenvalue weighted by atomic mass is 35.5. The lowest BCUT2D eigenvalue weighted by molar-refractivity contribution is -0.148. The molecule has 5 atom stereocenters. The van der Waals surface area contributed by atoms with E-state index in [9.17, 15) is 32.6 Å². The number of nitrogens with one attached hydrogen (secondary N) is 1. The second kappa shape index (κ2) is 9.85. The molecule has 11 nitrogen and oxygen atoms in total. The molecule has 1 aromatic rings. The number of hydrogen-bond acceptors (Lipinski definition) is 8. The molecule has 15 heteroatoms. The highest BCUT2D eigenvalue weighted by Gasteiger charge is 2.48. The standard InChI is InChI=1S/C20H28ClN4O7PS2/c1-24-18(23-13-7-12(21)17(35(22,31)32)8-16(13)34-24)9-33(29,30)10-19(26)25-14-5-3-2-4-11(14)6-15(25)20(27)28/h7-8,11,14-15,18,23H,2-6,9-10H2,1H3,(H,27,28)(H,29,30)(H2,22,31,32)/t11-,14-,15+,18?/m1/s1. The molecule has 0 spiro atoms. The summed E-state index contributed by atoms with van der Waals surface area (Å²) in [6, 6.07) is 1.55. The topological polar surface area (TPSA) is 170 Å². The molecule has 35 heavy (non-hydrogen) atoms. The van der Waals surface area contributed by atoms with Gasteiger partial charge in [-0.3, -0.25) is 9.36 Å². The minimum atomic E-state index is -4.03. The zero-order valence-electron chi connectivity index (χ0n) is 19.0. The van der Waals surface area contributed by atoms with Gasteiger partial charge in [0.15, 0.2) is 0 Å². The number of carboxylic acids is 1. The van der Waals surface area contributed by atoms with Crippen molar-refractivity contribution >= 4 is 58.5 Å². The Labute approximate surface area is 213 Å². The molecule has 194 valence electrons. The van der Waals surface area contributed by atoms with Crippen molar-refractivity contribution in [3.8, 4) is 0 Å². The first kappa shape index (κ1) is 26.7. The second-order valence-corrected chi connectivity index (χ2v) is 14.8. The van der Waals surface area contributed by atoms with Gasteiger partial charge < -0.3 is 20.2 Å². The van der Waals surface area contributed by atoms with Crippen molar-refractivity contribution in [3.63, 3.8) is 0 Å². The number of fused-ring (bicyclic) bond motifs is 2. The van der Waals surface area contributed by atoms with Gasteiger partial charge in [-0.2, -0.15) is 0 Å². The molecule has 0 radical (unpaired) electrons. The molecule has 0 aromatic heterocycles. The smallest absolute Gasteiger partial charge is 0.326 e. The van der Waals surface area contributed by atoms with E-state index < -0.39 is 47.6 Å². The first-order valence-electron chi connectivity index (χ1n) is 11.2. The first-order chi connectivity index (χ1) is 16.3. The molecular weight excluding hydrogens is 539 g/mol. The van der Waals surface area contributed by atoms with Gasteiger partial charge >= 0.3 is 5.97 Å². The summed E-state index contributed by atoms with van der Waals surface area (Å²) in [6.45, 7) is 0. The van der Waals surface area contributed by atoms with Crippen LogP contribution in [0.1, 0.15) is 32.1 Å². The Morgan fingerprint density at radius 1 is 1.31 bits per heavy atom. The maximum absolute atomic E-state index is 13.2. The largest absolute Gasteiger partial charge is 0.480 e. The van der Waals surface area contributed by atoms with Gasteiger partial charge in [0, 0.05) is 10.9 Å². The van der Waals surface area contributed by atoms with Crippen molar-refractivity contribution in [1.29, 1.82) is 0 Å². The number of nitrogens with zero attached hydrogens (tertiary/aromatic N) is 2. The molecule has 5 N–H and O–H groups in total. The van der Waals surface area contributed by atoms with Gasteiger partial charge in [0.1, 0.15) is 17.1 Å². The minimum absolute atomic E-state index is 0.0826. The van der Waals surface area contributed by atoms with Crippen LogP contribution in [-0.2, 0) is 24.2 Å². The van der Waals surface area contributed by atoms with Crippen molar-refractivity contribution in [2.75, 3.05) is 24.7 Å². The Hall–Kier alpha value is -1.34.